The standard InChI is InChI=1S/C21H26N4O3.C2HF3O2/c26-20(19-15-22-9-10-24-19)25-11-6-21(7-12-25)17(5-14-28-21)4-13-27-16-18-3-1-2-8-23-18;3-2(4,5)1(6)7/h1-3,8-10,15,17H,4-7,11-14,16H2;(H,6,7). The molecule has 0 bridgehead atoms. The summed E-state index contributed by atoms with van der Waals surface area (Å²) in [5.74, 6) is -2.33. The number of alkyl halides is 3. The van der Waals surface area contributed by atoms with Gasteiger partial charge in [-0.05, 0) is 43.7 Å². The van der Waals surface area contributed by atoms with E-state index in [1.165, 1.54) is 6.20 Å². The largest absolute Gasteiger partial charge is 0.490 e. The highest BCUT2D eigenvalue weighted by molar-refractivity contribution is 5.92. The molecule has 2 aliphatic heterocycles. The van der Waals surface area contributed by atoms with Crippen molar-refractivity contribution >= 4 is 11.9 Å². The fourth-order valence-electron chi connectivity index (χ4n) is 4.29. The van der Waals surface area contributed by atoms with Crippen LogP contribution in [0.25, 0.3) is 0 Å². The highest BCUT2D eigenvalue weighted by Gasteiger charge is 2.46. The van der Waals surface area contributed by atoms with Gasteiger partial charge >= 0.3 is 12.1 Å². The molecule has 190 valence electrons. The Bertz CT molecular complexity index is 955. The Hall–Kier alpha value is -3.12. The van der Waals surface area contributed by atoms with E-state index in [1.807, 2.05) is 23.1 Å². The Balaban J connectivity index is 0.000000429. The summed E-state index contributed by atoms with van der Waals surface area (Å²) in [6, 6.07) is 5.86. The third-order valence-electron chi connectivity index (χ3n) is 6.11. The van der Waals surface area contributed by atoms with E-state index >= 15 is 0 Å². The van der Waals surface area contributed by atoms with Crippen molar-refractivity contribution in [2.45, 2.75) is 44.1 Å². The lowest BCUT2D eigenvalue weighted by Gasteiger charge is -2.42. The molecule has 2 aromatic heterocycles. The molecule has 35 heavy (non-hydrogen) atoms. The van der Waals surface area contributed by atoms with Crippen molar-refractivity contribution in [2.24, 2.45) is 5.92 Å². The van der Waals surface area contributed by atoms with E-state index in [1.54, 1.807) is 18.6 Å². The number of halogens is 3. The molecule has 2 saturated heterocycles. The number of carboxylic acid groups (broad SMARTS) is 1. The Morgan fingerprint density at radius 3 is 2.51 bits per heavy atom. The van der Waals surface area contributed by atoms with Gasteiger partial charge < -0.3 is 19.5 Å². The van der Waals surface area contributed by atoms with Crippen LogP contribution < -0.4 is 0 Å². The Morgan fingerprint density at radius 2 is 1.91 bits per heavy atom. The van der Waals surface area contributed by atoms with E-state index in [0.29, 0.717) is 37.9 Å². The van der Waals surface area contributed by atoms with E-state index in [4.69, 9.17) is 19.4 Å². The molecule has 1 amide bonds. The molecule has 1 atom stereocenters. The summed E-state index contributed by atoms with van der Waals surface area (Å²) in [4.78, 5) is 35.8. The van der Waals surface area contributed by atoms with E-state index < -0.39 is 12.1 Å². The van der Waals surface area contributed by atoms with E-state index in [2.05, 4.69) is 15.0 Å². The minimum Gasteiger partial charge on any atom is -0.475 e. The number of aliphatic carboxylic acids is 1. The van der Waals surface area contributed by atoms with Crippen LogP contribution in [0.5, 0.6) is 0 Å². The third kappa shape index (κ3) is 7.43. The fraction of sp³-hybridized carbons (Fsp3) is 0.522. The van der Waals surface area contributed by atoms with Crippen molar-refractivity contribution in [2.75, 3.05) is 26.3 Å². The molecule has 2 fully saturated rings. The van der Waals surface area contributed by atoms with Gasteiger partial charge in [-0.15, -0.1) is 0 Å². The topological polar surface area (TPSA) is 115 Å². The molecule has 0 radical (unpaired) electrons. The number of amides is 1. The average Bonchev–Trinajstić information content (AvgIpc) is 3.24. The minimum atomic E-state index is -5.08. The second kappa shape index (κ2) is 12.0. The van der Waals surface area contributed by atoms with Crippen molar-refractivity contribution in [3.8, 4) is 0 Å². The van der Waals surface area contributed by atoms with Crippen LogP contribution in [0.2, 0.25) is 0 Å². The van der Waals surface area contributed by atoms with Gasteiger partial charge in [-0.25, -0.2) is 9.78 Å². The average molecular weight is 496 g/mol. The zero-order chi connectivity index (χ0) is 25.3. The monoisotopic (exact) mass is 496 g/mol. The number of hydrogen-bond acceptors (Lipinski definition) is 7. The number of carbonyl (C=O) groups excluding carboxylic acids is 1. The summed E-state index contributed by atoms with van der Waals surface area (Å²) in [6.07, 6.45) is 5.13. The van der Waals surface area contributed by atoms with Crippen molar-refractivity contribution in [1.82, 2.24) is 19.9 Å². The molecule has 2 aliphatic rings. The van der Waals surface area contributed by atoms with Crippen LogP contribution in [-0.2, 0) is 20.9 Å². The van der Waals surface area contributed by atoms with E-state index in [9.17, 15) is 18.0 Å². The summed E-state index contributed by atoms with van der Waals surface area (Å²) >= 11 is 0. The number of pyridine rings is 1. The van der Waals surface area contributed by atoms with Crippen LogP contribution in [-0.4, -0.2) is 74.9 Å². The summed E-state index contributed by atoms with van der Waals surface area (Å²) < 4.78 is 43.8. The number of rotatable bonds is 6. The first-order valence-electron chi connectivity index (χ1n) is 11.2. The van der Waals surface area contributed by atoms with Gasteiger partial charge in [0, 0.05) is 44.9 Å². The first kappa shape index (κ1) is 26.5. The van der Waals surface area contributed by atoms with Gasteiger partial charge in [0.15, 0.2) is 0 Å². The predicted molar refractivity (Wildman–Crippen MR) is 116 cm³/mol. The second-order valence-corrected chi connectivity index (χ2v) is 8.25. The molecule has 0 aliphatic carbocycles. The minimum absolute atomic E-state index is 0.0452. The Labute approximate surface area is 200 Å². The molecule has 1 spiro atoms. The molecule has 4 heterocycles. The molecular formula is C23H27F3N4O5. The summed E-state index contributed by atoms with van der Waals surface area (Å²) in [7, 11) is 0. The first-order valence-corrected chi connectivity index (χ1v) is 11.2. The Morgan fingerprint density at radius 1 is 1.17 bits per heavy atom. The van der Waals surface area contributed by atoms with Crippen molar-refractivity contribution < 1.29 is 37.3 Å². The summed E-state index contributed by atoms with van der Waals surface area (Å²) in [5, 5.41) is 7.12. The molecule has 2 aromatic rings. The lowest BCUT2D eigenvalue weighted by Crippen LogP contribution is -2.49. The lowest BCUT2D eigenvalue weighted by molar-refractivity contribution is -0.192. The molecule has 1 N–H and O–H groups in total. The number of ether oxygens (including phenoxy) is 2. The molecule has 4 rings (SSSR count). The molecule has 12 heteroatoms. The molecule has 0 saturated carbocycles. The van der Waals surface area contributed by atoms with Crippen molar-refractivity contribution in [3.05, 3.63) is 54.4 Å². The van der Waals surface area contributed by atoms with Crippen molar-refractivity contribution in [3.63, 3.8) is 0 Å². The zero-order valence-electron chi connectivity index (χ0n) is 19.0. The number of nitrogens with zero attached hydrogens (tertiary/aromatic N) is 4. The van der Waals surface area contributed by atoms with Gasteiger partial charge in [-0.1, -0.05) is 6.07 Å². The molecular weight excluding hydrogens is 469 g/mol. The second-order valence-electron chi connectivity index (χ2n) is 8.25. The normalized spacial score (nSPS) is 19.2. The number of likely N-dealkylation sites (tertiary alicyclic amines) is 1. The van der Waals surface area contributed by atoms with Crippen molar-refractivity contribution in [1.29, 1.82) is 0 Å². The highest BCUT2D eigenvalue weighted by Crippen LogP contribution is 2.42. The van der Waals surface area contributed by atoms with E-state index in [0.717, 1.165) is 38.0 Å². The maximum Gasteiger partial charge on any atom is 0.490 e. The van der Waals surface area contributed by atoms with Crippen LogP contribution in [0.1, 0.15) is 41.9 Å². The van der Waals surface area contributed by atoms with Crippen LogP contribution >= 0.6 is 0 Å². The zero-order valence-corrected chi connectivity index (χ0v) is 19.0. The van der Waals surface area contributed by atoms with Gasteiger partial charge in [0.05, 0.1) is 24.1 Å². The van der Waals surface area contributed by atoms with Gasteiger partial charge in [-0.3, -0.25) is 14.8 Å². The van der Waals surface area contributed by atoms with Gasteiger partial charge in [-0.2, -0.15) is 13.2 Å². The molecule has 1 unspecified atom stereocenters. The molecule has 9 nitrogen and oxygen atoms in total. The smallest absolute Gasteiger partial charge is 0.475 e. The Kier molecular flexibility index (Phi) is 9.10. The molecule has 0 aromatic carbocycles. The number of hydrogen-bond donors (Lipinski definition) is 1. The van der Waals surface area contributed by atoms with Gasteiger partial charge in [0.25, 0.3) is 5.91 Å². The number of carbonyl (C=O) groups is 2. The van der Waals surface area contributed by atoms with Gasteiger partial charge in [0.1, 0.15) is 5.69 Å². The van der Waals surface area contributed by atoms with Gasteiger partial charge in [0.2, 0.25) is 0 Å². The maximum absolute atomic E-state index is 12.6. The fourth-order valence-corrected chi connectivity index (χ4v) is 4.29. The van der Waals surface area contributed by atoms with Crippen LogP contribution in [0.3, 0.4) is 0 Å². The highest BCUT2D eigenvalue weighted by atomic mass is 19.4. The SMILES string of the molecule is O=C(O)C(F)(F)F.O=C(c1cnccn1)N1CCC2(CC1)OCCC2CCOCc1ccccn1. The van der Waals surface area contributed by atoms with Crippen LogP contribution in [0.15, 0.2) is 43.0 Å². The van der Waals surface area contributed by atoms with E-state index in [-0.39, 0.29) is 11.5 Å². The third-order valence-corrected chi connectivity index (χ3v) is 6.11. The number of piperidine rings is 1. The summed E-state index contributed by atoms with van der Waals surface area (Å²) in [5.41, 5.74) is 1.24. The maximum atomic E-state index is 12.6. The number of aromatic nitrogens is 3. The summed E-state index contributed by atoms with van der Waals surface area (Å²) in [6.45, 7) is 3.43. The van der Waals surface area contributed by atoms with Crippen LogP contribution in [0.4, 0.5) is 13.2 Å². The quantitative estimate of drug-likeness (QED) is 0.607. The number of carboxylic acids is 1. The predicted octanol–water partition coefficient (Wildman–Crippen LogP) is 3.12. The lowest BCUT2D eigenvalue weighted by atomic mass is 9.78. The first-order chi connectivity index (χ1) is 16.7. The van der Waals surface area contributed by atoms with Crippen LogP contribution in [0, 0.1) is 5.92 Å².